The fourth-order valence-corrected chi connectivity index (χ4v) is 2.42. The minimum Gasteiger partial charge on any atom is -0.287 e. The number of nitriles is 1. The van der Waals surface area contributed by atoms with Gasteiger partial charge in [0, 0.05) is 18.0 Å². The van der Waals surface area contributed by atoms with Crippen LogP contribution >= 0.6 is 0 Å². The van der Waals surface area contributed by atoms with Crippen LogP contribution in [0.5, 0.6) is 0 Å². The lowest BCUT2D eigenvalue weighted by Gasteiger charge is -2.04. The zero-order valence-electron chi connectivity index (χ0n) is 11.5. The van der Waals surface area contributed by atoms with Gasteiger partial charge in [-0.15, -0.1) is 0 Å². The van der Waals surface area contributed by atoms with Gasteiger partial charge in [-0.05, 0) is 36.2 Å². The average Bonchev–Trinajstić information content (AvgIpc) is 2.97. The summed E-state index contributed by atoms with van der Waals surface area (Å²) >= 11 is 0. The van der Waals surface area contributed by atoms with E-state index in [1.165, 1.54) is 0 Å². The van der Waals surface area contributed by atoms with E-state index in [-0.39, 0.29) is 5.91 Å². The molecule has 3 heteroatoms. The van der Waals surface area contributed by atoms with Gasteiger partial charge in [0.05, 0.1) is 17.1 Å². The van der Waals surface area contributed by atoms with E-state index in [0.29, 0.717) is 18.4 Å². The van der Waals surface area contributed by atoms with Crippen molar-refractivity contribution < 1.29 is 4.79 Å². The van der Waals surface area contributed by atoms with Crippen LogP contribution in [0.25, 0.3) is 10.9 Å². The SMILES string of the molecule is N#Cc1ccc(CCC(=O)n2ccc3ccccc32)cc1. The summed E-state index contributed by atoms with van der Waals surface area (Å²) in [5, 5.41) is 9.84. The summed E-state index contributed by atoms with van der Waals surface area (Å²) < 4.78 is 1.71. The van der Waals surface area contributed by atoms with Crippen molar-refractivity contribution in [1.82, 2.24) is 4.57 Å². The average molecular weight is 274 g/mol. The number of hydrogen-bond donors (Lipinski definition) is 0. The van der Waals surface area contributed by atoms with Crippen molar-refractivity contribution in [2.45, 2.75) is 12.8 Å². The number of fused-ring (bicyclic) bond motifs is 1. The van der Waals surface area contributed by atoms with E-state index in [1.807, 2.05) is 48.7 Å². The van der Waals surface area contributed by atoms with Crippen LogP contribution in [0, 0.1) is 11.3 Å². The monoisotopic (exact) mass is 274 g/mol. The number of aryl methyl sites for hydroxylation is 1. The van der Waals surface area contributed by atoms with E-state index in [2.05, 4.69) is 6.07 Å². The van der Waals surface area contributed by atoms with E-state index in [4.69, 9.17) is 5.26 Å². The number of aromatic nitrogens is 1. The highest BCUT2D eigenvalue weighted by atomic mass is 16.2. The third kappa shape index (κ3) is 2.70. The number of hydrogen-bond acceptors (Lipinski definition) is 2. The molecule has 0 radical (unpaired) electrons. The molecule has 1 aromatic heterocycles. The Kier molecular flexibility index (Phi) is 3.53. The molecule has 3 aromatic rings. The van der Waals surface area contributed by atoms with E-state index in [1.54, 1.807) is 16.7 Å². The number of benzene rings is 2. The second-order valence-electron chi connectivity index (χ2n) is 4.95. The third-order valence-electron chi connectivity index (χ3n) is 3.58. The molecule has 1 heterocycles. The minimum absolute atomic E-state index is 0.0839. The molecule has 0 saturated heterocycles. The van der Waals surface area contributed by atoms with Crippen molar-refractivity contribution in [2.75, 3.05) is 0 Å². The second kappa shape index (κ2) is 5.64. The van der Waals surface area contributed by atoms with Gasteiger partial charge in [0.2, 0.25) is 5.91 Å². The topological polar surface area (TPSA) is 45.8 Å². The Morgan fingerprint density at radius 1 is 1.05 bits per heavy atom. The van der Waals surface area contributed by atoms with Gasteiger partial charge >= 0.3 is 0 Å². The molecule has 0 aliphatic carbocycles. The number of para-hydroxylation sites is 1. The highest BCUT2D eigenvalue weighted by molar-refractivity contribution is 5.92. The summed E-state index contributed by atoms with van der Waals surface area (Å²) in [6.07, 6.45) is 2.95. The van der Waals surface area contributed by atoms with Gasteiger partial charge < -0.3 is 0 Å². The molecule has 0 spiro atoms. The van der Waals surface area contributed by atoms with E-state index < -0.39 is 0 Å². The molecule has 21 heavy (non-hydrogen) atoms. The van der Waals surface area contributed by atoms with Crippen molar-refractivity contribution in [1.29, 1.82) is 5.26 Å². The first kappa shape index (κ1) is 13.1. The van der Waals surface area contributed by atoms with E-state index in [9.17, 15) is 4.79 Å². The first-order valence-electron chi connectivity index (χ1n) is 6.86. The summed E-state index contributed by atoms with van der Waals surface area (Å²) in [7, 11) is 0. The summed E-state index contributed by atoms with van der Waals surface area (Å²) in [6, 6.07) is 19.3. The molecule has 0 fully saturated rings. The molecule has 3 nitrogen and oxygen atoms in total. The van der Waals surface area contributed by atoms with Crippen LogP contribution in [-0.4, -0.2) is 10.5 Å². The maximum absolute atomic E-state index is 12.3. The molecule has 0 bridgehead atoms. The summed E-state index contributed by atoms with van der Waals surface area (Å²) in [6.45, 7) is 0. The van der Waals surface area contributed by atoms with Gasteiger partial charge in [-0.1, -0.05) is 30.3 Å². The van der Waals surface area contributed by atoms with E-state index >= 15 is 0 Å². The van der Waals surface area contributed by atoms with E-state index in [0.717, 1.165) is 16.5 Å². The normalized spacial score (nSPS) is 10.4. The predicted molar refractivity (Wildman–Crippen MR) is 82.0 cm³/mol. The van der Waals surface area contributed by atoms with Crippen molar-refractivity contribution >= 4 is 16.8 Å². The Bertz CT molecular complexity index is 822. The minimum atomic E-state index is 0.0839. The number of nitrogens with zero attached hydrogens (tertiary/aromatic N) is 2. The van der Waals surface area contributed by atoms with Crippen molar-refractivity contribution in [3.05, 3.63) is 71.9 Å². The number of rotatable bonds is 3. The molecule has 0 atom stereocenters. The molecule has 0 N–H and O–H groups in total. The van der Waals surface area contributed by atoms with Crippen LogP contribution in [0.4, 0.5) is 0 Å². The van der Waals surface area contributed by atoms with Gasteiger partial charge in [0.25, 0.3) is 0 Å². The van der Waals surface area contributed by atoms with Crippen molar-refractivity contribution in [3.63, 3.8) is 0 Å². The molecule has 3 rings (SSSR count). The summed E-state index contributed by atoms with van der Waals surface area (Å²) in [5.74, 6) is 0.0839. The van der Waals surface area contributed by atoms with Crippen LogP contribution in [-0.2, 0) is 6.42 Å². The standard InChI is InChI=1S/C18H14N2O/c19-13-15-7-5-14(6-8-15)9-10-18(21)20-12-11-16-3-1-2-4-17(16)20/h1-8,11-12H,9-10H2. The Hall–Kier alpha value is -2.86. The third-order valence-corrected chi connectivity index (χ3v) is 3.58. The van der Waals surface area contributed by atoms with Gasteiger partial charge in [-0.3, -0.25) is 9.36 Å². The maximum atomic E-state index is 12.3. The lowest BCUT2D eigenvalue weighted by molar-refractivity contribution is 0.0908. The van der Waals surface area contributed by atoms with Crippen LogP contribution < -0.4 is 0 Å². The summed E-state index contributed by atoms with van der Waals surface area (Å²) in [4.78, 5) is 12.3. The van der Waals surface area contributed by atoms with Crippen LogP contribution in [0.15, 0.2) is 60.8 Å². The Labute approximate surface area is 123 Å². The molecule has 2 aromatic carbocycles. The summed E-state index contributed by atoms with van der Waals surface area (Å²) in [5.41, 5.74) is 2.66. The Balaban J connectivity index is 1.73. The molecule has 0 saturated carbocycles. The molecule has 0 aliphatic heterocycles. The molecule has 0 unspecified atom stereocenters. The van der Waals surface area contributed by atoms with Gasteiger partial charge in [-0.2, -0.15) is 5.26 Å². The fraction of sp³-hybridized carbons (Fsp3) is 0.111. The highest BCUT2D eigenvalue weighted by Crippen LogP contribution is 2.16. The number of carbonyl (C=O) groups excluding carboxylic acids is 1. The Morgan fingerprint density at radius 3 is 2.57 bits per heavy atom. The first-order chi connectivity index (χ1) is 10.3. The smallest absolute Gasteiger partial charge is 0.231 e. The predicted octanol–water partition coefficient (Wildman–Crippen LogP) is 3.79. The lowest BCUT2D eigenvalue weighted by atomic mass is 10.1. The first-order valence-corrected chi connectivity index (χ1v) is 6.86. The Morgan fingerprint density at radius 2 is 1.81 bits per heavy atom. The molecule has 102 valence electrons. The van der Waals surface area contributed by atoms with Gasteiger partial charge in [0.1, 0.15) is 0 Å². The molecular formula is C18H14N2O. The van der Waals surface area contributed by atoms with Gasteiger partial charge in [-0.25, -0.2) is 0 Å². The quantitative estimate of drug-likeness (QED) is 0.729. The second-order valence-corrected chi connectivity index (χ2v) is 4.95. The largest absolute Gasteiger partial charge is 0.287 e. The molecular weight excluding hydrogens is 260 g/mol. The zero-order chi connectivity index (χ0) is 14.7. The fourth-order valence-electron chi connectivity index (χ4n) is 2.42. The highest BCUT2D eigenvalue weighted by Gasteiger charge is 2.08. The van der Waals surface area contributed by atoms with Crippen molar-refractivity contribution in [2.24, 2.45) is 0 Å². The van der Waals surface area contributed by atoms with Crippen molar-refractivity contribution in [3.8, 4) is 6.07 Å². The maximum Gasteiger partial charge on any atom is 0.231 e. The van der Waals surface area contributed by atoms with Crippen LogP contribution in [0.2, 0.25) is 0 Å². The van der Waals surface area contributed by atoms with Crippen LogP contribution in [0.3, 0.4) is 0 Å². The zero-order valence-corrected chi connectivity index (χ0v) is 11.5. The van der Waals surface area contributed by atoms with Crippen LogP contribution in [0.1, 0.15) is 22.3 Å². The van der Waals surface area contributed by atoms with Gasteiger partial charge in [0.15, 0.2) is 0 Å². The lowest BCUT2D eigenvalue weighted by Crippen LogP contribution is -2.10. The molecule has 0 aliphatic rings. The number of carbonyl (C=O) groups is 1. The molecule has 0 amide bonds.